The van der Waals surface area contributed by atoms with Gasteiger partial charge >= 0.3 is 0 Å². The molecule has 116 valence electrons. The Bertz CT molecular complexity index is 674. The van der Waals surface area contributed by atoms with E-state index in [-0.39, 0.29) is 11.9 Å². The summed E-state index contributed by atoms with van der Waals surface area (Å²) >= 11 is 0. The van der Waals surface area contributed by atoms with Crippen LogP contribution in [0.15, 0.2) is 36.7 Å². The number of aryl methyl sites for hydroxylation is 2. The Labute approximate surface area is 131 Å². The SMILES string of the molecule is CC(C)[C@H]1CCc2ccccc2[C@@H]1NC(=O)c1cnn(C)c1. The molecule has 0 radical (unpaired) electrons. The van der Waals surface area contributed by atoms with Crippen LogP contribution in [-0.4, -0.2) is 15.7 Å². The van der Waals surface area contributed by atoms with Crippen LogP contribution >= 0.6 is 0 Å². The minimum Gasteiger partial charge on any atom is -0.345 e. The van der Waals surface area contributed by atoms with Gasteiger partial charge in [-0.1, -0.05) is 38.1 Å². The second-order valence-corrected chi connectivity index (χ2v) is 6.50. The zero-order valence-electron chi connectivity index (χ0n) is 13.4. The molecule has 4 heteroatoms. The first-order valence-corrected chi connectivity index (χ1v) is 7.93. The van der Waals surface area contributed by atoms with Gasteiger partial charge in [-0.3, -0.25) is 9.48 Å². The smallest absolute Gasteiger partial charge is 0.254 e. The predicted molar refractivity (Wildman–Crippen MR) is 86.5 cm³/mol. The van der Waals surface area contributed by atoms with E-state index in [9.17, 15) is 4.79 Å². The zero-order valence-corrected chi connectivity index (χ0v) is 13.4. The average molecular weight is 297 g/mol. The zero-order chi connectivity index (χ0) is 15.7. The van der Waals surface area contributed by atoms with Crippen LogP contribution in [0.5, 0.6) is 0 Å². The fourth-order valence-electron chi connectivity index (χ4n) is 3.45. The molecule has 0 unspecified atom stereocenters. The molecule has 22 heavy (non-hydrogen) atoms. The molecule has 1 N–H and O–H groups in total. The number of amides is 1. The van der Waals surface area contributed by atoms with Crippen LogP contribution in [0.2, 0.25) is 0 Å². The fraction of sp³-hybridized carbons (Fsp3) is 0.444. The van der Waals surface area contributed by atoms with Crippen LogP contribution in [0.1, 0.15) is 47.8 Å². The molecule has 0 saturated heterocycles. The maximum Gasteiger partial charge on any atom is 0.254 e. The minimum atomic E-state index is -0.0412. The quantitative estimate of drug-likeness (QED) is 0.946. The Hall–Kier alpha value is -2.10. The minimum absolute atomic E-state index is 0.0412. The fourth-order valence-corrected chi connectivity index (χ4v) is 3.45. The first-order valence-electron chi connectivity index (χ1n) is 7.93. The molecule has 0 aliphatic heterocycles. The lowest BCUT2D eigenvalue weighted by molar-refractivity contribution is 0.0904. The highest BCUT2D eigenvalue weighted by atomic mass is 16.1. The summed E-state index contributed by atoms with van der Waals surface area (Å²) in [4.78, 5) is 12.5. The van der Waals surface area contributed by atoms with Gasteiger partial charge in [0.2, 0.25) is 0 Å². The van der Waals surface area contributed by atoms with Crippen molar-refractivity contribution < 1.29 is 4.79 Å². The molecule has 3 rings (SSSR count). The lowest BCUT2D eigenvalue weighted by Gasteiger charge is -2.36. The second-order valence-electron chi connectivity index (χ2n) is 6.50. The molecule has 1 aromatic heterocycles. The number of aromatic nitrogens is 2. The molecule has 0 fully saturated rings. The summed E-state index contributed by atoms with van der Waals surface area (Å²) in [5, 5.41) is 7.33. The number of nitrogens with zero attached hydrogens (tertiary/aromatic N) is 2. The summed E-state index contributed by atoms with van der Waals surface area (Å²) in [5.74, 6) is 0.962. The van der Waals surface area contributed by atoms with Crippen molar-refractivity contribution in [2.75, 3.05) is 0 Å². The summed E-state index contributed by atoms with van der Waals surface area (Å²) in [7, 11) is 1.82. The number of carbonyl (C=O) groups is 1. The number of carbonyl (C=O) groups excluding carboxylic acids is 1. The molecular weight excluding hydrogens is 274 g/mol. The van der Waals surface area contributed by atoms with Crippen LogP contribution in [0.4, 0.5) is 0 Å². The molecule has 0 saturated carbocycles. The number of hydrogen-bond acceptors (Lipinski definition) is 2. The Morgan fingerprint density at radius 2 is 2.14 bits per heavy atom. The highest BCUT2D eigenvalue weighted by Crippen LogP contribution is 2.38. The lowest BCUT2D eigenvalue weighted by Crippen LogP contribution is -2.38. The molecule has 2 atom stereocenters. The van der Waals surface area contributed by atoms with Gasteiger partial charge in [0, 0.05) is 13.2 Å². The van der Waals surface area contributed by atoms with Crippen molar-refractivity contribution in [3.63, 3.8) is 0 Å². The summed E-state index contributed by atoms with van der Waals surface area (Å²) in [5.41, 5.74) is 3.24. The molecule has 1 aliphatic carbocycles. The van der Waals surface area contributed by atoms with Gasteiger partial charge in [-0.15, -0.1) is 0 Å². The maximum absolute atomic E-state index is 12.5. The summed E-state index contributed by atoms with van der Waals surface area (Å²) < 4.78 is 1.66. The van der Waals surface area contributed by atoms with E-state index in [2.05, 4.69) is 48.5 Å². The van der Waals surface area contributed by atoms with Crippen LogP contribution in [0.25, 0.3) is 0 Å². The van der Waals surface area contributed by atoms with Gasteiger partial charge in [-0.2, -0.15) is 5.10 Å². The molecular formula is C18H23N3O. The third-order valence-corrected chi connectivity index (χ3v) is 4.68. The standard InChI is InChI=1S/C18H23N3O/c1-12(2)15-9-8-13-6-4-5-7-16(13)17(15)20-18(22)14-10-19-21(3)11-14/h4-7,10-12,15,17H,8-9H2,1-3H3,(H,20,22)/t15-,17-/m1/s1. The van der Waals surface area contributed by atoms with Crippen molar-refractivity contribution in [1.29, 1.82) is 0 Å². The molecule has 0 bridgehead atoms. The van der Waals surface area contributed by atoms with Crippen LogP contribution in [0.3, 0.4) is 0 Å². The predicted octanol–water partition coefficient (Wildman–Crippen LogP) is 3.11. The van der Waals surface area contributed by atoms with Gasteiger partial charge in [-0.05, 0) is 35.8 Å². The Balaban J connectivity index is 1.89. The first-order chi connectivity index (χ1) is 10.6. The molecule has 4 nitrogen and oxygen atoms in total. The van der Waals surface area contributed by atoms with E-state index >= 15 is 0 Å². The molecule has 1 aromatic carbocycles. The number of rotatable bonds is 3. The van der Waals surface area contributed by atoms with Gasteiger partial charge in [0.1, 0.15) is 0 Å². The third-order valence-electron chi connectivity index (χ3n) is 4.68. The van der Waals surface area contributed by atoms with E-state index in [4.69, 9.17) is 0 Å². The monoisotopic (exact) mass is 297 g/mol. The molecule has 1 amide bonds. The highest BCUT2D eigenvalue weighted by Gasteiger charge is 2.32. The number of fused-ring (bicyclic) bond motifs is 1. The first kappa shape index (κ1) is 14.8. The number of hydrogen-bond donors (Lipinski definition) is 1. The van der Waals surface area contributed by atoms with Gasteiger partial charge in [-0.25, -0.2) is 0 Å². The van der Waals surface area contributed by atoms with E-state index in [1.54, 1.807) is 17.1 Å². The van der Waals surface area contributed by atoms with Crippen LogP contribution in [-0.2, 0) is 13.5 Å². The Morgan fingerprint density at radius 3 is 2.82 bits per heavy atom. The van der Waals surface area contributed by atoms with E-state index in [0.29, 0.717) is 17.4 Å². The van der Waals surface area contributed by atoms with Crippen molar-refractivity contribution in [3.8, 4) is 0 Å². The van der Waals surface area contributed by atoms with Crippen LogP contribution in [0, 0.1) is 11.8 Å². The summed E-state index contributed by atoms with van der Waals surface area (Å²) in [6, 6.07) is 8.55. The van der Waals surface area contributed by atoms with Crippen molar-refractivity contribution >= 4 is 5.91 Å². The van der Waals surface area contributed by atoms with E-state index in [1.165, 1.54) is 11.1 Å². The Kier molecular flexibility index (Phi) is 4.01. The van der Waals surface area contributed by atoms with Crippen LogP contribution < -0.4 is 5.32 Å². The van der Waals surface area contributed by atoms with Crippen molar-refractivity contribution in [1.82, 2.24) is 15.1 Å². The van der Waals surface area contributed by atoms with Gasteiger partial charge in [0.25, 0.3) is 5.91 Å². The van der Waals surface area contributed by atoms with Gasteiger partial charge in [0.15, 0.2) is 0 Å². The van der Waals surface area contributed by atoms with Crippen molar-refractivity contribution in [3.05, 3.63) is 53.3 Å². The van der Waals surface area contributed by atoms with Gasteiger partial charge in [0.05, 0.1) is 17.8 Å². The topological polar surface area (TPSA) is 46.9 Å². The van der Waals surface area contributed by atoms with Crippen molar-refractivity contribution in [2.45, 2.75) is 32.7 Å². The third kappa shape index (κ3) is 2.78. The Morgan fingerprint density at radius 1 is 1.36 bits per heavy atom. The van der Waals surface area contributed by atoms with E-state index in [1.807, 2.05) is 7.05 Å². The number of nitrogens with one attached hydrogen (secondary N) is 1. The highest BCUT2D eigenvalue weighted by molar-refractivity contribution is 5.94. The van der Waals surface area contributed by atoms with E-state index in [0.717, 1.165) is 12.8 Å². The molecule has 0 spiro atoms. The maximum atomic E-state index is 12.5. The molecule has 2 aromatic rings. The van der Waals surface area contributed by atoms with E-state index < -0.39 is 0 Å². The largest absolute Gasteiger partial charge is 0.345 e. The molecule has 1 heterocycles. The average Bonchev–Trinajstić information content (AvgIpc) is 2.94. The lowest BCUT2D eigenvalue weighted by atomic mass is 9.74. The summed E-state index contributed by atoms with van der Waals surface area (Å²) in [6.45, 7) is 4.48. The normalized spacial score (nSPS) is 20.7. The summed E-state index contributed by atoms with van der Waals surface area (Å²) in [6.07, 6.45) is 5.59. The number of benzene rings is 1. The molecule has 1 aliphatic rings. The van der Waals surface area contributed by atoms with Crippen molar-refractivity contribution in [2.24, 2.45) is 18.9 Å². The second kappa shape index (κ2) is 5.95. The van der Waals surface area contributed by atoms with Gasteiger partial charge < -0.3 is 5.32 Å².